The Bertz CT molecular complexity index is 656. The van der Waals surface area contributed by atoms with Crippen molar-refractivity contribution in [1.82, 2.24) is 4.90 Å². The summed E-state index contributed by atoms with van der Waals surface area (Å²) in [5.41, 5.74) is 0.239. The first-order chi connectivity index (χ1) is 9.28. The third kappa shape index (κ3) is 3.37. The Labute approximate surface area is 124 Å². The van der Waals surface area contributed by atoms with Crippen molar-refractivity contribution >= 4 is 37.6 Å². The van der Waals surface area contributed by atoms with Gasteiger partial charge in [-0.15, -0.1) is 0 Å². The highest BCUT2D eigenvalue weighted by atomic mass is 79.9. The number of amides is 1. The first-order valence-electron chi connectivity index (χ1n) is 5.82. The molecule has 1 amide bonds. The van der Waals surface area contributed by atoms with E-state index in [9.17, 15) is 18.0 Å². The highest BCUT2D eigenvalue weighted by Gasteiger charge is 2.26. The summed E-state index contributed by atoms with van der Waals surface area (Å²) in [4.78, 5) is 24.6. The Morgan fingerprint density at radius 2 is 1.65 bits per heavy atom. The molecule has 1 heterocycles. The fourth-order valence-electron chi connectivity index (χ4n) is 1.93. The second-order valence-electron chi connectivity index (χ2n) is 4.48. The van der Waals surface area contributed by atoms with Gasteiger partial charge in [-0.3, -0.25) is 4.79 Å². The summed E-state index contributed by atoms with van der Waals surface area (Å²) in [5, 5.41) is 8.97. The van der Waals surface area contributed by atoms with E-state index in [4.69, 9.17) is 5.11 Å². The minimum absolute atomic E-state index is 0.00681. The molecule has 1 fully saturated rings. The summed E-state index contributed by atoms with van der Waals surface area (Å²) in [6, 6.07) is 4.22. The van der Waals surface area contributed by atoms with Crippen molar-refractivity contribution < 1.29 is 23.1 Å². The van der Waals surface area contributed by atoms with Crippen LogP contribution in [0.3, 0.4) is 0 Å². The number of carboxylic acids is 1. The van der Waals surface area contributed by atoms with Gasteiger partial charge in [0, 0.05) is 23.1 Å². The second kappa shape index (κ2) is 5.53. The molecule has 1 N–H and O–H groups in total. The van der Waals surface area contributed by atoms with E-state index in [-0.39, 0.29) is 41.6 Å². The van der Waals surface area contributed by atoms with Gasteiger partial charge in [0.25, 0.3) is 5.91 Å². The van der Waals surface area contributed by atoms with E-state index in [1.165, 1.54) is 23.1 Å². The van der Waals surface area contributed by atoms with Gasteiger partial charge in [0.1, 0.15) is 0 Å². The second-order valence-corrected chi connectivity index (χ2v) is 7.70. The Hall–Kier alpha value is -1.41. The van der Waals surface area contributed by atoms with Crippen LogP contribution in [-0.4, -0.2) is 54.9 Å². The van der Waals surface area contributed by atoms with Crippen LogP contribution in [0.2, 0.25) is 0 Å². The molecule has 0 spiro atoms. The number of carbonyl (C=O) groups is 2. The number of nitrogens with zero attached hydrogens (tertiary/aromatic N) is 1. The van der Waals surface area contributed by atoms with E-state index >= 15 is 0 Å². The highest BCUT2D eigenvalue weighted by molar-refractivity contribution is 9.10. The lowest BCUT2D eigenvalue weighted by atomic mass is 10.1. The molecule has 1 aliphatic rings. The van der Waals surface area contributed by atoms with Crippen LogP contribution in [0.15, 0.2) is 22.7 Å². The standard InChI is InChI=1S/C12H12BrNO5S/c13-10-6-8(5-9(7-10)12(16)17)11(15)14-1-3-20(18,19)4-2-14/h5-7H,1-4H2,(H,16,17). The number of hydrogen-bond donors (Lipinski definition) is 1. The minimum Gasteiger partial charge on any atom is -0.478 e. The quantitative estimate of drug-likeness (QED) is 0.848. The smallest absolute Gasteiger partial charge is 0.335 e. The summed E-state index contributed by atoms with van der Waals surface area (Å²) in [6.45, 7) is 0.270. The van der Waals surface area contributed by atoms with Gasteiger partial charge in [0.2, 0.25) is 0 Å². The maximum atomic E-state index is 12.3. The van der Waals surface area contributed by atoms with Crippen LogP contribution in [0.4, 0.5) is 0 Å². The molecule has 0 bridgehead atoms. The van der Waals surface area contributed by atoms with Gasteiger partial charge in [-0.2, -0.15) is 0 Å². The molecule has 0 saturated carbocycles. The molecule has 0 radical (unpaired) electrons. The number of sulfone groups is 1. The molecule has 6 nitrogen and oxygen atoms in total. The number of benzene rings is 1. The zero-order chi connectivity index (χ0) is 14.9. The van der Waals surface area contributed by atoms with Crippen molar-refractivity contribution in [2.75, 3.05) is 24.6 Å². The van der Waals surface area contributed by atoms with E-state index < -0.39 is 15.8 Å². The van der Waals surface area contributed by atoms with Gasteiger partial charge in [-0.1, -0.05) is 15.9 Å². The highest BCUT2D eigenvalue weighted by Crippen LogP contribution is 2.18. The van der Waals surface area contributed by atoms with Crippen molar-refractivity contribution in [3.05, 3.63) is 33.8 Å². The maximum Gasteiger partial charge on any atom is 0.335 e. The number of hydrogen-bond acceptors (Lipinski definition) is 4. The van der Waals surface area contributed by atoms with Crippen LogP contribution in [0.25, 0.3) is 0 Å². The Morgan fingerprint density at radius 3 is 2.20 bits per heavy atom. The van der Waals surface area contributed by atoms with E-state index in [2.05, 4.69) is 15.9 Å². The Balaban J connectivity index is 2.24. The molecule has 1 aromatic carbocycles. The predicted octanol–water partition coefficient (Wildman–Crippen LogP) is 1.02. The SMILES string of the molecule is O=C(O)c1cc(Br)cc(C(=O)N2CCS(=O)(=O)CC2)c1. The number of carbonyl (C=O) groups excluding carboxylic acids is 1. The fraction of sp³-hybridized carbons (Fsp3) is 0.333. The zero-order valence-electron chi connectivity index (χ0n) is 10.4. The van der Waals surface area contributed by atoms with Crippen molar-refractivity contribution in [2.45, 2.75) is 0 Å². The normalized spacial score (nSPS) is 17.8. The first-order valence-corrected chi connectivity index (χ1v) is 8.43. The van der Waals surface area contributed by atoms with Gasteiger partial charge in [-0.25, -0.2) is 13.2 Å². The van der Waals surface area contributed by atoms with Gasteiger partial charge in [0.05, 0.1) is 17.1 Å². The molecule has 1 aromatic rings. The number of carboxylic acid groups (broad SMARTS) is 1. The molecular formula is C12H12BrNO5S. The Kier molecular flexibility index (Phi) is 4.14. The number of aromatic carboxylic acids is 1. The fourth-order valence-corrected chi connectivity index (χ4v) is 3.63. The molecule has 108 valence electrons. The first kappa shape index (κ1) is 15.0. The van der Waals surface area contributed by atoms with Crippen LogP contribution in [-0.2, 0) is 9.84 Å². The molecule has 1 saturated heterocycles. The monoisotopic (exact) mass is 361 g/mol. The predicted molar refractivity (Wildman–Crippen MR) is 75.7 cm³/mol. The third-order valence-corrected chi connectivity index (χ3v) is 5.09. The van der Waals surface area contributed by atoms with Crippen molar-refractivity contribution in [1.29, 1.82) is 0 Å². The number of rotatable bonds is 2. The summed E-state index contributed by atoms with van der Waals surface area (Å²) in [7, 11) is -3.06. The zero-order valence-corrected chi connectivity index (χ0v) is 12.8. The summed E-state index contributed by atoms with van der Waals surface area (Å²) in [5.74, 6) is -1.60. The average Bonchev–Trinajstić information content (AvgIpc) is 2.37. The molecule has 0 atom stereocenters. The minimum atomic E-state index is -3.06. The van der Waals surface area contributed by atoms with Gasteiger partial charge >= 0.3 is 5.97 Å². The summed E-state index contributed by atoms with van der Waals surface area (Å²) >= 11 is 3.16. The van der Waals surface area contributed by atoms with Crippen LogP contribution in [0.1, 0.15) is 20.7 Å². The molecule has 2 rings (SSSR count). The van der Waals surface area contributed by atoms with Crippen LogP contribution in [0, 0.1) is 0 Å². The summed E-state index contributed by atoms with van der Waals surface area (Å²) in [6.07, 6.45) is 0. The molecule has 8 heteroatoms. The van der Waals surface area contributed by atoms with Crippen molar-refractivity contribution in [2.24, 2.45) is 0 Å². The average molecular weight is 362 g/mol. The van der Waals surface area contributed by atoms with Gasteiger partial charge < -0.3 is 10.0 Å². The van der Waals surface area contributed by atoms with Crippen LogP contribution < -0.4 is 0 Å². The molecule has 20 heavy (non-hydrogen) atoms. The number of halogens is 1. The Morgan fingerprint density at radius 1 is 1.10 bits per heavy atom. The lowest BCUT2D eigenvalue weighted by Crippen LogP contribution is -2.43. The van der Waals surface area contributed by atoms with Crippen LogP contribution in [0.5, 0.6) is 0 Å². The molecule has 0 aliphatic carbocycles. The topological polar surface area (TPSA) is 91.8 Å². The van der Waals surface area contributed by atoms with E-state index in [0.717, 1.165) is 0 Å². The van der Waals surface area contributed by atoms with Crippen molar-refractivity contribution in [3.63, 3.8) is 0 Å². The van der Waals surface area contributed by atoms with E-state index in [1.54, 1.807) is 0 Å². The lowest BCUT2D eigenvalue weighted by molar-refractivity contribution is 0.0696. The lowest BCUT2D eigenvalue weighted by Gasteiger charge is -2.26. The molecular weight excluding hydrogens is 350 g/mol. The van der Waals surface area contributed by atoms with E-state index in [0.29, 0.717) is 4.47 Å². The largest absolute Gasteiger partial charge is 0.478 e. The molecule has 0 aromatic heterocycles. The van der Waals surface area contributed by atoms with Crippen molar-refractivity contribution in [3.8, 4) is 0 Å². The molecule has 1 aliphatic heterocycles. The third-order valence-electron chi connectivity index (χ3n) is 3.02. The van der Waals surface area contributed by atoms with Gasteiger partial charge in [0.15, 0.2) is 9.84 Å². The maximum absolute atomic E-state index is 12.3. The van der Waals surface area contributed by atoms with E-state index in [1.807, 2.05) is 0 Å². The summed E-state index contributed by atoms with van der Waals surface area (Å²) < 4.78 is 23.2. The van der Waals surface area contributed by atoms with Gasteiger partial charge in [-0.05, 0) is 18.2 Å². The van der Waals surface area contributed by atoms with Crippen LogP contribution >= 0.6 is 15.9 Å². The molecule has 0 unspecified atom stereocenters.